The molecule has 2 unspecified atom stereocenters. The summed E-state index contributed by atoms with van der Waals surface area (Å²) in [6, 6.07) is 9.08. The third kappa shape index (κ3) is 5.77. The van der Waals surface area contributed by atoms with Gasteiger partial charge < -0.3 is 16.4 Å². The van der Waals surface area contributed by atoms with E-state index >= 15 is 0 Å². The largest absolute Gasteiger partial charge is 0.350 e. The van der Waals surface area contributed by atoms with Crippen LogP contribution in [0.25, 0.3) is 0 Å². The van der Waals surface area contributed by atoms with Gasteiger partial charge in [-0.15, -0.1) is 23.7 Å². The SMILES string of the molecule is CC1(N)CCCCC1C(=O)NCc1csc(CNC(=O)c2ccccc2)n1.Cl. The maximum atomic E-state index is 12.5. The highest BCUT2D eigenvalue weighted by Crippen LogP contribution is 2.31. The van der Waals surface area contributed by atoms with E-state index in [4.69, 9.17) is 5.73 Å². The van der Waals surface area contributed by atoms with Gasteiger partial charge in [0.1, 0.15) is 5.01 Å². The maximum absolute atomic E-state index is 12.5. The quantitative estimate of drug-likeness (QED) is 0.666. The van der Waals surface area contributed by atoms with Crippen molar-refractivity contribution in [2.24, 2.45) is 11.7 Å². The minimum absolute atomic E-state index is 0. The van der Waals surface area contributed by atoms with Crippen molar-refractivity contribution in [3.05, 3.63) is 52.0 Å². The van der Waals surface area contributed by atoms with Crippen LogP contribution in [0.5, 0.6) is 0 Å². The second-order valence-electron chi connectivity index (χ2n) is 7.30. The fourth-order valence-corrected chi connectivity index (χ4v) is 4.18. The Balaban J connectivity index is 0.00000280. The van der Waals surface area contributed by atoms with Crippen LogP contribution in [0.3, 0.4) is 0 Å². The number of rotatable bonds is 6. The van der Waals surface area contributed by atoms with Gasteiger partial charge >= 0.3 is 0 Å². The van der Waals surface area contributed by atoms with Crippen molar-refractivity contribution >= 4 is 35.6 Å². The van der Waals surface area contributed by atoms with E-state index in [-0.39, 0.29) is 30.1 Å². The summed E-state index contributed by atoms with van der Waals surface area (Å²) >= 11 is 1.47. The van der Waals surface area contributed by atoms with Crippen molar-refractivity contribution in [3.63, 3.8) is 0 Å². The standard InChI is InChI=1S/C20H26N4O2S.ClH/c1-20(21)10-6-5-9-16(20)19(26)22-11-15-13-27-17(24-15)12-23-18(25)14-7-3-2-4-8-14;/h2-4,7-8,13,16H,5-6,9-12,21H2,1H3,(H,22,26)(H,23,25);1H. The molecule has 1 fully saturated rings. The molecule has 6 nitrogen and oxygen atoms in total. The van der Waals surface area contributed by atoms with Crippen LogP contribution < -0.4 is 16.4 Å². The number of thiazole rings is 1. The Morgan fingerprint density at radius 2 is 1.96 bits per heavy atom. The number of aromatic nitrogens is 1. The lowest BCUT2D eigenvalue weighted by Gasteiger charge is -2.37. The summed E-state index contributed by atoms with van der Waals surface area (Å²) in [7, 11) is 0. The minimum Gasteiger partial charge on any atom is -0.350 e. The predicted molar refractivity (Wildman–Crippen MR) is 113 cm³/mol. The van der Waals surface area contributed by atoms with E-state index in [2.05, 4.69) is 15.6 Å². The zero-order chi connectivity index (χ0) is 19.3. The lowest BCUT2D eigenvalue weighted by atomic mass is 9.74. The van der Waals surface area contributed by atoms with Gasteiger partial charge in [0.2, 0.25) is 5.91 Å². The van der Waals surface area contributed by atoms with E-state index in [1.54, 1.807) is 12.1 Å². The van der Waals surface area contributed by atoms with Gasteiger partial charge in [-0.1, -0.05) is 31.0 Å². The molecule has 1 aromatic carbocycles. The second kappa shape index (κ2) is 10.0. The Morgan fingerprint density at radius 3 is 2.68 bits per heavy atom. The van der Waals surface area contributed by atoms with Gasteiger partial charge in [0.15, 0.2) is 0 Å². The van der Waals surface area contributed by atoms with Crippen LogP contribution in [0.1, 0.15) is 53.7 Å². The smallest absolute Gasteiger partial charge is 0.251 e. The first kappa shape index (κ1) is 22.3. The number of nitrogens with one attached hydrogen (secondary N) is 2. The van der Waals surface area contributed by atoms with Crippen LogP contribution in [0.2, 0.25) is 0 Å². The number of halogens is 1. The number of amides is 2. The van der Waals surface area contributed by atoms with Gasteiger partial charge in [0.25, 0.3) is 5.91 Å². The van der Waals surface area contributed by atoms with Gasteiger partial charge in [-0.2, -0.15) is 0 Å². The summed E-state index contributed by atoms with van der Waals surface area (Å²) in [6.45, 7) is 2.72. The molecule has 1 saturated carbocycles. The number of benzene rings is 1. The van der Waals surface area contributed by atoms with E-state index in [1.165, 1.54) is 11.3 Å². The molecular weight excluding hydrogens is 396 g/mol. The van der Waals surface area contributed by atoms with E-state index in [1.807, 2.05) is 30.5 Å². The molecule has 1 aliphatic carbocycles. The number of hydrogen-bond donors (Lipinski definition) is 3. The van der Waals surface area contributed by atoms with E-state index in [9.17, 15) is 9.59 Å². The number of nitrogens with two attached hydrogens (primary N) is 1. The van der Waals surface area contributed by atoms with Crippen LogP contribution in [-0.4, -0.2) is 22.3 Å². The van der Waals surface area contributed by atoms with Crippen molar-refractivity contribution in [1.82, 2.24) is 15.6 Å². The molecule has 8 heteroatoms. The van der Waals surface area contributed by atoms with E-state index in [0.717, 1.165) is 36.4 Å². The van der Waals surface area contributed by atoms with Crippen molar-refractivity contribution in [3.8, 4) is 0 Å². The Hall–Kier alpha value is -1.96. The molecule has 0 radical (unpaired) electrons. The Kier molecular flexibility index (Phi) is 7.98. The first-order valence-electron chi connectivity index (χ1n) is 9.29. The predicted octanol–water partition coefficient (Wildman–Crippen LogP) is 3.02. The summed E-state index contributed by atoms with van der Waals surface area (Å²) in [5, 5.41) is 8.55. The molecule has 0 aliphatic heterocycles. The first-order valence-corrected chi connectivity index (χ1v) is 10.2. The number of hydrogen-bond acceptors (Lipinski definition) is 5. The summed E-state index contributed by atoms with van der Waals surface area (Å²) in [6.07, 6.45) is 3.85. The molecule has 0 saturated heterocycles. The molecule has 152 valence electrons. The fourth-order valence-electron chi connectivity index (χ4n) is 3.45. The molecular formula is C20H27ClN4O2S. The van der Waals surface area contributed by atoms with Gasteiger partial charge in [-0.3, -0.25) is 9.59 Å². The van der Waals surface area contributed by atoms with Gasteiger partial charge in [-0.25, -0.2) is 4.98 Å². The number of nitrogens with zero attached hydrogens (tertiary/aromatic N) is 1. The van der Waals surface area contributed by atoms with E-state index < -0.39 is 5.54 Å². The van der Waals surface area contributed by atoms with Gasteiger partial charge in [-0.05, 0) is 31.9 Å². The topological polar surface area (TPSA) is 97.1 Å². The first-order chi connectivity index (χ1) is 13.0. The van der Waals surface area contributed by atoms with Crippen LogP contribution in [-0.2, 0) is 17.9 Å². The fraction of sp³-hybridized carbons (Fsp3) is 0.450. The van der Waals surface area contributed by atoms with Crippen LogP contribution >= 0.6 is 23.7 Å². The zero-order valence-electron chi connectivity index (χ0n) is 15.9. The summed E-state index contributed by atoms with van der Waals surface area (Å²) in [5.41, 5.74) is 7.29. The minimum atomic E-state index is -0.433. The summed E-state index contributed by atoms with van der Waals surface area (Å²) in [4.78, 5) is 29.1. The second-order valence-corrected chi connectivity index (χ2v) is 8.25. The summed E-state index contributed by atoms with van der Waals surface area (Å²) < 4.78 is 0. The van der Waals surface area contributed by atoms with Crippen molar-refractivity contribution in [2.45, 2.75) is 51.2 Å². The molecule has 2 atom stereocenters. The number of carbonyl (C=O) groups excluding carboxylic acids is 2. The summed E-state index contributed by atoms with van der Waals surface area (Å²) in [5.74, 6) is -0.263. The highest BCUT2D eigenvalue weighted by Gasteiger charge is 2.37. The molecule has 3 rings (SSSR count). The Labute approximate surface area is 175 Å². The maximum Gasteiger partial charge on any atom is 0.251 e. The molecule has 2 amide bonds. The average molecular weight is 423 g/mol. The molecule has 1 aliphatic rings. The van der Waals surface area contributed by atoms with Crippen LogP contribution in [0.15, 0.2) is 35.7 Å². The molecule has 4 N–H and O–H groups in total. The monoisotopic (exact) mass is 422 g/mol. The average Bonchev–Trinajstić information content (AvgIpc) is 3.12. The molecule has 2 aromatic rings. The number of carbonyl (C=O) groups is 2. The Bertz CT molecular complexity index is 795. The van der Waals surface area contributed by atoms with Crippen molar-refractivity contribution < 1.29 is 9.59 Å². The highest BCUT2D eigenvalue weighted by molar-refractivity contribution is 7.09. The molecule has 0 spiro atoms. The molecule has 1 heterocycles. The van der Waals surface area contributed by atoms with Gasteiger partial charge in [0, 0.05) is 16.5 Å². The third-order valence-electron chi connectivity index (χ3n) is 5.05. The lowest BCUT2D eigenvalue weighted by Crippen LogP contribution is -2.52. The molecule has 0 bridgehead atoms. The van der Waals surface area contributed by atoms with Crippen LogP contribution in [0.4, 0.5) is 0 Å². The third-order valence-corrected chi connectivity index (χ3v) is 5.95. The van der Waals surface area contributed by atoms with Crippen molar-refractivity contribution in [1.29, 1.82) is 0 Å². The normalized spacial score (nSPS) is 21.4. The van der Waals surface area contributed by atoms with E-state index in [0.29, 0.717) is 18.7 Å². The Morgan fingerprint density at radius 1 is 1.21 bits per heavy atom. The zero-order valence-corrected chi connectivity index (χ0v) is 17.6. The van der Waals surface area contributed by atoms with Crippen molar-refractivity contribution in [2.75, 3.05) is 0 Å². The van der Waals surface area contributed by atoms with Crippen LogP contribution in [0, 0.1) is 5.92 Å². The lowest BCUT2D eigenvalue weighted by molar-refractivity contribution is -0.128. The van der Waals surface area contributed by atoms with Gasteiger partial charge in [0.05, 0.1) is 24.7 Å². The molecule has 1 aromatic heterocycles. The molecule has 28 heavy (non-hydrogen) atoms. The highest BCUT2D eigenvalue weighted by atomic mass is 35.5.